The second-order valence-corrected chi connectivity index (χ2v) is 4.84. The molecule has 132 valence electrons. The highest BCUT2D eigenvalue weighted by Gasteiger charge is 2.28. The molecule has 24 heavy (non-hydrogen) atoms. The maximum Gasteiger partial charge on any atom is 0.405 e. The van der Waals surface area contributed by atoms with Gasteiger partial charge in [0.2, 0.25) is 11.8 Å². The van der Waals surface area contributed by atoms with Crippen molar-refractivity contribution in [3.05, 3.63) is 35.6 Å². The van der Waals surface area contributed by atoms with E-state index in [9.17, 15) is 31.9 Å². The number of amides is 2. The van der Waals surface area contributed by atoms with Crippen LogP contribution in [0.2, 0.25) is 0 Å². The van der Waals surface area contributed by atoms with E-state index in [0.29, 0.717) is 0 Å². The Morgan fingerprint density at radius 3 is 2.17 bits per heavy atom. The van der Waals surface area contributed by atoms with Gasteiger partial charge in [-0.1, -0.05) is 12.1 Å². The van der Waals surface area contributed by atoms with Crippen molar-refractivity contribution in [1.29, 1.82) is 0 Å². The Balaban J connectivity index is 2.66. The van der Waals surface area contributed by atoms with Gasteiger partial charge in [0.15, 0.2) is 0 Å². The molecule has 6 nitrogen and oxygen atoms in total. The number of carbonyl (C=O) groups excluding carboxylic acids is 2. The molecule has 3 N–H and O–H groups in total. The van der Waals surface area contributed by atoms with Gasteiger partial charge in [-0.15, -0.1) is 0 Å². The molecule has 1 rings (SSSR count). The van der Waals surface area contributed by atoms with Gasteiger partial charge in [-0.25, -0.2) is 4.39 Å². The lowest BCUT2D eigenvalue weighted by Crippen LogP contribution is -2.38. The SMILES string of the molecule is O=C(O)CC(NC(=O)CC(=O)NCC(F)(F)F)c1ccc(F)cc1. The lowest BCUT2D eigenvalue weighted by Gasteiger charge is -2.17. The van der Waals surface area contributed by atoms with Crippen LogP contribution in [0.4, 0.5) is 17.6 Å². The van der Waals surface area contributed by atoms with Crippen LogP contribution in [0.15, 0.2) is 24.3 Å². The zero-order valence-electron chi connectivity index (χ0n) is 12.2. The van der Waals surface area contributed by atoms with Gasteiger partial charge in [0.05, 0.1) is 12.5 Å². The molecule has 0 heterocycles. The summed E-state index contributed by atoms with van der Waals surface area (Å²) in [6, 6.07) is 3.59. The Morgan fingerprint density at radius 1 is 1.08 bits per heavy atom. The Labute approximate surface area is 133 Å². The average molecular weight is 350 g/mol. The largest absolute Gasteiger partial charge is 0.481 e. The first-order chi connectivity index (χ1) is 11.1. The molecule has 1 aromatic carbocycles. The molecule has 1 atom stereocenters. The van der Waals surface area contributed by atoms with Crippen molar-refractivity contribution in [2.75, 3.05) is 6.54 Å². The van der Waals surface area contributed by atoms with Gasteiger partial charge in [-0.2, -0.15) is 13.2 Å². The van der Waals surface area contributed by atoms with Gasteiger partial charge in [0, 0.05) is 0 Å². The molecule has 0 radical (unpaired) electrons. The molecule has 10 heteroatoms. The quantitative estimate of drug-likeness (QED) is 0.513. The van der Waals surface area contributed by atoms with Gasteiger partial charge in [-0.3, -0.25) is 14.4 Å². The normalized spacial score (nSPS) is 12.3. The fourth-order valence-electron chi connectivity index (χ4n) is 1.77. The minimum absolute atomic E-state index is 0.280. The van der Waals surface area contributed by atoms with Crippen molar-refractivity contribution in [3.63, 3.8) is 0 Å². The van der Waals surface area contributed by atoms with Crippen LogP contribution in [0.3, 0.4) is 0 Å². The number of hydrogen-bond acceptors (Lipinski definition) is 3. The van der Waals surface area contributed by atoms with Crippen LogP contribution in [0.5, 0.6) is 0 Å². The van der Waals surface area contributed by atoms with Crippen LogP contribution in [-0.4, -0.2) is 35.6 Å². The number of carboxylic acid groups (broad SMARTS) is 1. The first-order valence-electron chi connectivity index (χ1n) is 6.67. The number of aliphatic carboxylic acids is 1. The van der Waals surface area contributed by atoms with Crippen molar-refractivity contribution in [2.24, 2.45) is 0 Å². The van der Waals surface area contributed by atoms with E-state index in [0.717, 1.165) is 12.1 Å². The van der Waals surface area contributed by atoms with Crippen LogP contribution in [0.1, 0.15) is 24.4 Å². The number of halogens is 4. The minimum Gasteiger partial charge on any atom is -0.481 e. The molecule has 0 fully saturated rings. The topological polar surface area (TPSA) is 95.5 Å². The maximum atomic E-state index is 12.9. The molecule has 1 aromatic rings. The molecule has 0 bridgehead atoms. The zero-order valence-corrected chi connectivity index (χ0v) is 12.2. The van der Waals surface area contributed by atoms with Crippen LogP contribution in [0, 0.1) is 5.82 Å². The van der Waals surface area contributed by atoms with Crippen molar-refractivity contribution in [1.82, 2.24) is 10.6 Å². The van der Waals surface area contributed by atoms with E-state index < -0.39 is 55.2 Å². The third-order valence-corrected chi connectivity index (χ3v) is 2.79. The lowest BCUT2D eigenvalue weighted by atomic mass is 10.0. The number of rotatable bonds is 7. The van der Waals surface area contributed by atoms with E-state index >= 15 is 0 Å². The van der Waals surface area contributed by atoms with Gasteiger partial charge in [-0.05, 0) is 17.7 Å². The number of benzene rings is 1. The summed E-state index contributed by atoms with van der Waals surface area (Å²) in [7, 11) is 0. The monoisotopic (exact) mass is 350 g/mol. The van der Waals surface area contributed by atoms with Crippen LogP contribution in [0.25, 0.3) is 0 Å². The second-order valence-electron chi connectivity index (χ2n) is 4.84. The number of nitrogens with one attached hydrogen (secondary N) is 2. The predicted molar refractivity (Wildman–Crippen MR) is 73.2 cm³/mol. The highest BCUT2D eigenvalue weighted by Crippen LogP contribution is 2.18. The third-order valence-electron chi connectivity index (χ3n) is 2.79. The number of hydrogen-bond donors (Lipinski definition) is 3. The van der Waals surface area contributed by atoms with Crippen molar-refractivity contribution < 1.29 is 37.1 Å². The van der Waals surface area contributed by atoms with Gasteiger partial charge in [0.25, 0.3) is 0 Å². The molecule has 1 unspecified atom stereocenters. The minimum atomic E-state index is -4.61. The molecular formula is C14H14F4N2O4. The molecule has 0 aliphatic carbocycles. The van der Waals surface area contributed by atoms with Crippen molar-refractivity contribution in [3.8, 4) is 0 Å². The summed E-state index contributed by atoms with van der Waals surface area (Å²) in [5, 5.41) is 12.6. The number of carbonyl (C=O) groups is 3. The number of alkyl halides is 3. The Kier molecular flexibility index (Phi) is 6.69. The summed E-state index contributed by atoms with van der Waals surface area (Å²) < 4.78 is 48.7. The second kappa shape index (κ2) is 8.27. The lowest BCUT2D eigenvalue weighted by molar-refractivity contribution is -0.141. The molecule has 0 saturated carbocycles. The van der Waals surface area contributed by atoms with Crippen LogP contribution < -0.4 is 10.6 Å². The molecule has 0 aliphatic rings. The first kappa shape index (κ1) is 19.4. The Hall–Kier alpha value is -2.65. The average Bonchev–Trinajstić information content (AvgIpc) is 2.44. The van der Waals surface area contributed by atoms with Gasteiger partial charge < -0.3 is 15.7 Å². The summed E-state index contributed by atoms with van der Waals surface area (Å²) in [5.74, 6) is -3.93. The van der Waals surface area contributed by atoms with E-state index in [1.54, 1.807) is 0 Å². The molecular weight excluding hydrogens is 336 g/mol. The first-order valence-corrected chi connectivity index (χ1v) is 6.67. The van der Waals surface area contributed by atoms with E-state index in [-0.39, 0.29) is 5.56 Å². The summed E-state index contributed by atoms with van der Waals surface area (Å²) in [6.45, 7) is -1.57. The number of carboxylic acids is 1. The Bertz CT molecular complexity index is 602. The summed E-state index contributed by atoms with van der Waals surface area (Å²) in [4.78, 5) is 33.8. The van der Waals surface area contributed by atoms with Crippen LogP contribution >= 0.6 is 0 Å². The van der Waals surface area contributed by atoms with E-state index in [4.69, 9.17) is 5.11 Å². The Morgan fingerprint density at radius 2 is 1.67 bits per heavy atom. The molecule has 0 aromatic heterocycles. The maximum absolute atomic E-state index is 12.9. The van der Waals surface area contributed by atoms with Crippen molar-refractivity contribution >= 4 is 17.8 Å². The fraction of sp³-hybridized carbons (Fsp3) is 0.357. The van der Waals surface area contributed by atoms with E-state index in [1.165, 1.54) is 17.4 Å². The third kappa shape index (κ3) is 7.56. The highest BCUT2D eigenvalue weighted by molar-refractivity contribution is 5.97. The summed E-state index contributed by atoms with van der Waals surface area (Å²) >= 11 is 0. The summed E-state index contributed by atoms with van der Waals surface area (Å²) in [5.41, 5.74) is 0.280. The molecule has 2 amide bonds. The smallest absolute Gasteiger partial charge is 0.405 e. The molecule has 0 spiro atoms. The van der Waals surface area contributed by atoms with E-state index in [1.807, 2.05) is 0 Å². The van der Waals surface area contributed by atoms with Gasteiger partial charge >= 0.3 is 12.1 Å². The van der Waals surface area contributed by atoms with Crippen LogP contribution in [-0.2, 0) is 14.4 Å². The standard InChI is InChI=1S/C14H14F4N2O4/c15-9-3-1-8(2-4-9)10(5-13(23)24)20-12(22)6-11(21)19-7-14(16,17)18/h1-4,10H,5-7H2,(H,19,21)(H,20,22)(H,23,24). The summed E-state index contributed by atoms with van der Waals surface area (Å²) in [6.07, 6.45) is -6.04. The zero-order chi connectivity index (χ0) is 18.3. The van der Waals surface area contributed by atoms with Crippen molar-refractivity contribution in [2.45, 2.75) is 25.1 Å². The highest BCUT2D eigenvalue weighted by atomic mass is 19.4. The molecule has 0 aliphatic heterocycles. The van der Waals surface area contributed by atoms with Gasteiger partial charge in [0.1, 0.15) is 18.8 Å². The fourth-order valence-corrected chi connectivity index (χ4v) is 1.77. The molecule has 0 saturated heterocycles. The predicted octanol–water partition coefficient (Wildman–Crippen LogP) is 1.53. The van der Waals surface area contributed by atoms with E-state index in [2.05, 4.69) is 5.32 Å².